The average Bonchev–Trinajstić information content (AvgIpc) is 2.79. The summed E-state index contributed by atoms with van der Waals surface area (Å²) in [4.78, 5) is 47.8. The van der Waals surface area contributed by atoms with Gasteiger partial charge in [0, 0.05) is 0 Å². The van der Waals surface area contributed by atoms with E-state index in [0.717, 1.165) is 10.5 Å². The molecule has 1 aliphatic rings. The van der Waals surface area contributed by atoms with Gasteiger partial charge in [-0.05, 0) is 38.5 Å². The molecule has 1 heterocycles. The summed E-state index contributed by atoms with van der Waals surface area (Å²) in [7, 11) is 0. The summed E-state index contributed by atoms with van der Waals surface area (Å²) in [6, 6.07) is 6.84. The van der Waals surface area contributed by atoms with Crippen LogP contribution in [0.15, 0.2) is 24.3 Å². The highest BCUT2D eigenvalue weighted by molar-refractivity contribution is 6.08. The summed E-state index contributed by atoms with van der Waals surface area (Å²) in [5.41, 5.74) is 0.00321. The number of nitrogens with zero attached hydrogens (tertiary/aromatic N) is 1. The molecule has 0 spiro atoms. The standard InChI is InChI=1S/C18H23N3O6/c1-12-5-4-6-13(9-12)26-8-7-19-14(22)11-27-15(23)10-21-16(24)18(2,3)20-17(21)25/h4-6,9H,7-8,10-11H2,1-3H3,(H,19,22)(H,20,25). The van der Waals surface area contributed by atoms with E-state index in [1.54, 1.807) is 0 Å². The number of nitrogens with one attached hydrogen (secondary N) is 2. The van der Waals surface area contributed by atoms with Crippen LogP contribution in [-0.2, 0) is 19.1 Å². The number of hydrogen-bond donors (Lipinski definition) is 2. The monoisotopic (exact) mass is 377 g/mol. The smallest absolute Gasteiger partial charge is 0.326 e. The number of carbonyl (C=O) groups is 4. The summed E-state index contributed by atoms with van der Waals surface area (Å²) in [6.45, 7) is 4.47. The summed E-state index contributed by atoms with van der Waals surface area (Å²) < 4.78 is 10.3. The van der Waals surface area contributed by atoms with Gasteiger partial charge in [-0.3, -0.25) is 19.3 Å². The van der Waals surface area contributed by atoms with Crippen molar-refractivity contribution in [1.82, 2.24) is 15.5 Å². The van der Waals surface area contributed by atoms with Crippen LogP contribution in [0.3, 0.4) is 0 Å². The van der Waals surface area contributed by atoms with Gasteiger partial charge in [-0.25, -0.2) is 4.79 Å². The maximum atomic E-state index is 12.0. The molecular formula is C18H23N3O6. The second-order valence-electron chi connectivity index (χ2n) is 6.62. The van der Waals surface area contributed by atoms with Crippen molar-refractivity contribution in [3.05, 3.63) is 29.8 Å². The van der Waals surface area contributed by atoms with E-state index < -0.39 is 42.5 Å². The quantitative estimate of drug-likeness (QED) is 0.384. The van der Waals surface area contributed by atoms with Crippen molar-refractivity contribution in [2.45, 2.75) is 26.3 Å². The Bertz CT molecular complexity index is 746. The molecule has 146 valence electrons. The number of benzene rings is 1. The molecule has 27 heavy (non-hydrogen) atoms. The van der Waals surface area contributed by atoms with Crippen molar-refractivity contribution in [2.75, 3.05) is 26.3 Å². The molecule has 0 atom stereocenters. The molecule has 0 unspecified atom stereocenters. The number of aryl methyl sites for hydroxylation is 1. The van der Waals surface area contributed by atoms with E-state index in [-0.39, 0.29) is 13.2 Å². The Kier molecular flexibility index (Phi) is 6.38. The van der Waals surface area contributed by atoms with E-state index in [2.05, 4.69) is 10.6 Å². The van der Waals surface area contributed by atoms with E-state index in [4.69, 9.17) is 9.47 Å². The number of hydrogen-bond acceptors (Lipinski definition) is 6. The van der Waals surface area contributed by atoms with Crippen molar-refractivity contribution < 1.29 is 28.7 Å². The predicted molar refractivity (Wildman–Crippen MR) is 95.0 cm³/mol. The van der Waals surface area contributed by atoms with Gasteiger partial charge in [0.2, 0.25) is 0 Å². The van der Waals surface area contributed by atoms with Gasteiger partial charge in [0.05, 0.1) is 6.54 Å². The number of ether oxygens (including phenoxy) is 2. The molecule has 1 aromatic carbocycles. The second-order valence-corrected chi connectivity index (χ2v) is 6.62. The van der Waals surface area contributed by atoms with E-state index >= 15 is 0 Å². The summed E-state index contributed by atoms with van der Waals surface area (Å²) in [5.74, 6) is -1.18. The zero-order chi connectivity index (χ0) is 20.0. The zero-order valence-electron chi connectivity index (χ0n) is 15.5. The molecular weight excluding hydrogens is 354 g/mol. The third-order valence-corrected chi connectivity index (χ3v) is 3.78. The van der Waals surface area contributed by atoms with Crippen LogP contribution in [0.2, 0.25) is 0 Å². The molecule has 1 aromatic rings. The molecule has 1 fully saturated rings. The van der Waals surface area contributed by atoms with Crippen molar-refractivity contribution >= 4 is 23.8 Å². The summed E-state index contributed by atoms with van der Waals surface area (Å²) in [5, 5.41) is 5.00. The number of urea groups is 1. The molecule has 0 saturated carbocycles. The molecule has 1 aliphatic heterocycles. The number of carbonyl (C=O) groups excluding carboxylic acids is 4. The largest absolute Gasteiger partial charge is 0.492 e. The van der Waals surface area contributed by atoms with Crippen LogP contribution in [0.25, 0.3) is 0 Å². The van der Waals surface area contributed by atoms with Gasteiger partial charge in [-0.15, -0.1) is 0 Å². The van der Waals surface area contributed by atoms with Crippen LogP contribution in [0.4, 0.5) is 4.79 Å². The molecule has 9 heteroatoms. The van der Waals surface area contributed by atoms with Gasteiger partial charge < -0.3 is 20.1 Å². The van der Waals surface area contributed by atoms with E-state index in [1.807, 2.05) is 31.2 Å². The lowest BCUT2D eigenvalue weighted by Gasteiger charge is -2.15. The minimum absolute atomic E-state index is 0.242. The number of esters is 1. The van der Waals surface area contributed by atoms with Gasteiger partial charge in [-0.2, -0.15) is 0 Å². The first-order valence-corrected chi connectivity index (χ1v) is 8.45. The fraction of sp³-hybridized carbons (Fsp3) is 0.444. The molecule has 0 aromatic heterocycles. The Morgan fingerprint density at radius 3 is 2.63 bits per heavy atom. The van der Waals surface area contributed by atoms with Crippen LogP contribution in [-0.4, -0.2) is 60.6 Å². The Morgan fingerprint density at radius 1 is 1.26 bits per heavy atom. The summed E-state index contributed by atoms with van der Waals surface area (Å²) >= 11 is 0. The molecule has 0 aliphatic carbocycles. The lowest BCUT2D eigenvalue weighted by molar-refractivity contribution is -0.151. The first-order valence-electron chi connectivity index (χ1n) is 8.45. The topological polar surface area (TPSA) is 114 Å². The molecule has 1 saturated heterocycles. The zero-order valence-corrected chi connectivity index (χ0v) is 15.5. The lowest BCUT2D eigenvalue weighted by atomic mass is 10.1. The predicted octanol–water partition coefficient (Wildman–Crippen LogP) is 0.364. The van der Waals surface area contributed by atoms with Crippen molar-refractivity contribution in [3.63, 3.8) is 0 Å². The maximum Gasteiger partial charge on any atom is 0.326 e. The van der Waals surface area contributed by atoms with Crippen LogP contribution >= 0.6 is 0 Å². The van der Waals surface area contributed by atoms with Gasteiger partial charge in [0.25, 0.3) is 11.8 Å². The SMILES string of the molecule is Cc1cccc(OCCNC(=O)COC(=O)CN2C(=O)NC(C)(C)C2=O)c1. The van der Waals surface area contributed by atoms with Gasteiger partial charge in [0.15, 0.2) is 6.61 Å². The first-order chi connectivity index (χ1) is 12.7. The second kappa shape index (κ2) is 8.52. The highest BCUT2D eigenvalue weighted by Crippen LogP contribution is 2.16. The number of rotatable bonds is 8. The minimum Gasteiger partial charge on any atom is -0.492 e. The van der Waals surface area contributed by atoms with Crippen LogP contribution in [0.5, 0.6) is 5.75 Å². The van der Waals surface area contributed by atoms with E-state index in [0.29, 0.717) is 5.75 Å². The molecule has 2 rings (SSSR count). The third-order valence-electron chi connectivity index (χ3n) is 3.78. The highest BCUT2D eigenvalue weighted by Gasteiger charge is 2.45. The van der Waals surface area contributed by atoms with Gasteiger partial charge in [0.1, 0.15) is 24.4 Å². The van der Waals surface area contributed by atoms with Gasteiger partial charge in [-0.1, -0.05) is 12.1 Å². The van der Waals surface area contributed by atoms with E-state index in [9.17, 15) is 19.2 Å². The number of imide groups is 1. The Labute approximate surface area is 157 Å². The van der Waals surface area contributed by atoms with Crippen LogP contribution in [0.1, 0.15) is 19.4 Å². The Balaban J connectivity index is 1.64. The first kappa shape index (κ1) is 20.2. The fourth-order valence-electron chi connectivity index (χ4n) is 2.40. The average molecular weight is 377 g/mol. The van der Waals surface area contributed by atoms with Crippen molar-refractivity contribution in [3.8, 4) is 5.75 Å². The maximum absolute atomic E-state index is 12.0. The molecule has 0 radical (unpaired) electrons. The van der Waals surface area contributed by atoms with Crippen molar-refractivity contribution in [2.24, 2.45) is 0 Å². The molecule has 2 N–H and O–H groups in total. The fourth-order valence-corrected chi connectivity index (χ4v) is 2.40. The molecule has 0 bridgehead atoms. The third kappa shape index (κ3) is 5.70. The lowest BCUT2D eigenvalue weighted by Crippen LogP contribution is -2.41. The summed E-state index contributed by atoms with van der Waals surface area (Å²) in [6.07, 6.45) is 0. The Morgan fingerprint density at radius 2 is 2.00 bits per heavy atom. The number of amides is 4. The van der Waals surface area contributed by atoms with Gasteiger partial charge >= 0.3 is 12.0 Å². The van der Waals surface area contributed by atoms with Crippen LogP contribution in [0, 0.1) is 6.92 Å². The highest BCUT2D eigenvalue weighted by atomic mass is 16.5. The Hall–Kier alpha value is -3.10. The minimum atomic E-state index is -1.06. The molecule has 4 amide bonds. The van der Waals surface area contributed by atoms with Crippen LogP contribution < -0.4 is 15.4 Å². The normalized spacial score (nSPS) is 15.3. The van der Waals surface area contributed by atoms with E-state index in [1.165, 1.54) is 13.8 Å². The molecule has 9 nitrogen and oxygen atoms in total. The van der Waals surface area contributed by atoms with Crippen molar-refractivity contribution in [1.29, 1.82) is 0 Å².